The van der Waals surface area contributed by atoms with Crippen molar-refractivity contribution in [3.05, 3.63) is 46.5 Å². The predicted octanol–water partition coefficient (Wildman–Crippen LogP) is 2.77. The van der Waals surface area contributed by atoms with Gasteiger partial charge in [0, 0.05) is 10.9 Å². The van der Waals surface area contributed by atoms with Crippen molar-refractivity contribution in [2.75, 3.05) is 5.32 Å². The molecule has 0 atom stereocenters. The summed E-state index contributed by atoms with van der Waals surface area (Å²) in [6.07, 6.45) is 0.303. The van der Waals surface area contributed by atoms with E-state index >= 15 is 0 Å². The molecule has 5 heteroatoms. The van der Waals surface area contributed by atoms with Gasteiger partial charge in [-0.25, -0.2) is 4.98 Å². The molecular formula is C13H11N3OS. The van der Waals surface area contributed by atoms with Gasteiger partial charge in [0.2, 0.25) is 0 Å². The van der Waals surface area contributed by atoms with Crippen LogP contribution in [0.25, 0.3) is 0 Å². The van der Waals surface area contributed by atoms with Crippen LogP contribution < -0.4 is 5.32 Å². The molecule has 4 nitrogen and oxygen atoms in total. The van der Waals surface area contributed by atoms with Gasteiger partial charge in [-0.2, -0.15) is 5.26 Å². The van der Waals surface area contributed by atoms with Gasteiger partial charge in [0.15, 0.2) is 5.13 Å². The Balaban J connectivity index is 2.14. The van der Waals surface area contributed by atoms with E-state index in [1.54, 1.807) is 18.2 Å². The Bertz CT molecular complexity index is 613. The van der Waals surface area contributed by atoms with Crippen LogP contribution >= 0.6 is 11.3 Å². The van der Waals surface area contributed by atoms with Gasteiger partial charge in [-0.3, -0.25) is 10.1 Å². The lowest BCUT2D eigenvalue weighted by Crippen LogP contribution is -2.11. The molecule has 1 heterocycles. The number of aromatic nitrogens is 1. The number of hydrogen-bond acceptors (Lipinski definition) is 4. The Labute approximate surface area is 109 Å². The summed E-state index contributed by atoms with van der Waals surface area (Å²) in [5.41, 5.74) is 2.25. The third-order valence-corrected chi connectivity index (χ3v) is 3.19. The second-order valence-corrected chi connectivity index (χ2v) is 4.64. The number of amides is 1. The summed E-state index contributed by atoms with van der Waals surface area (Å²) in [5, 5.41) is 13.8. The zero-order valence-corrected chi connectivity index (χ0v) is 10.6. The van der Waals surface area contributed by atoms with Crippen LogP contribution in [0.2, 0.25) is 0 Å². The summed E-state index contributed by atoms with van der Waals surface area (Å²) in [5.74, 6) is -0.205. The number of nitrogens with one attached hydrogen (secondary N) is 1. The monoisotopic (exact) mass is 257 g/mol. The lowest BCUT2D eigenvalue weighted by molar-refractivity contribution is 0.102. The maximum Gasteiger partial charge on any atom is 0.257 e. The molecule has 0 bridgehead atoms. The van der Waals surface area contributed by atoms with Crippen molar-refractivity contribution in [1.29, 1.82) is 5.26 Å². The molecule has 18 heavy (non-hydrogen) atoms. The molecule has 0 saturated heterocycles. The first-order valence-corrected chi connectivity index (χ1v) is 6.26. The Morgan fingerprint density at radius 2 is 2.39 bits per heavy atom. The topological polar surface area (TPSA) is 65.8 Å². The van der Waals surface area contributed by atoms with Crippen LogP contribution in [-0.2, 0) is 6.42 Å². The average Bonchev–Trinajstić information content (AvgIpc) is 2.75. The van der Waals surface area contributed by atoms with Gasteiger partial charge < -0.3 is 0 Å². The number of carbonyl (C=O) groups excluding carboxylic acids is 1. The molecule has 0 aliphatic rings. The van der Waals surface area contributed by atoms with Gasteiger partial charge >= 0.3 is 0 Å². The fourth-order valence-corrected chi connectivity index (χ4v) is 2.18. The molecule has 1 aromatic carbocycles. The van der Waals surface area contributed by atoms with Crippen LogP contribution in [-0.4, -0.2) is 10.9 Å². The minimum Gasteiger partial charge on any atom is -0.298 e. The third-order valence-electron chi connectivity index (χ3n) is 2.31. The van der Waals surface area contributed by atoms with E-state index in [0.29, 0.717) is 17.1 Å². The molecule has 90 valence electrons. The highest BCUT2D eigenvalue weighted by molar-refractivity contribution is 7.13. The van der Waals surface area contributed by atoms with Crippen molar-refractivity contribution in [2.45, 2.75) is 13.3 Å². The maximum atomic E-state index is 12.0. The van der Waals surface area contributed by atoms with Crippen molar-refractivity contribution in [3.8, 4) is 6.07 Å². The van der Waals surface area contributed by atoms with Gasteiger partial charge in [0.1, 0.15) is 0 Å². The summed E-state index contributed by atoms with van der Waals surface area (Å²) in [6, 6.07) is 9.10. The normalized spacial score (nSPS) is 9.78. The molecular weight excluding hydrogens is 246 g/mol. The van der Waals surface area contributed by atoms with Crippen LogP contribution in [0.1, 0.15) is 21.6 Å². The fourth-order valence-electron chi connectivity index (χ4n) is 1.49. The largest absolute Gasteiger partial charge is 0.298 e. The van der Waals surface area contributed by atoms with E-state index in [1.165, 1.54) is 11.3 Å². The number of aryl methyl sites for hydroxylation is 1. The van der Waals surface area contributed by atoms with Crippen molar-refractivity contribution < 1.29 is 4.79 Å². The zero-order valence-electron chi connectivity index (χ0n) is 9.80. The SMILES string of the molecule is Cc1csc(NC(=O)c2cccc(CC#N)c2)n1. The van der Waals surface area contributed by atoms with Gasteiger partial charge in [-0.05, 0) is 24.6 Å². The number of carbonyl (C=O) groups is 1. The highest BCUT2D eigenvalue weighted by Gasteiger charge is 2.08. The molecule has 0 aliphatic carbocycles. The quantitative estimate of drug-likeness (QED) is 0.919. The van der Waals surface area contributed by atoms with Crippen molar-refractivity contribution in [2.24, 2.45) is 0 Å². The van der Waals surface area contributed by atoms with Crippen LogP contribution in [0.15, 0.2) is 29.6 Å². The number of thiazole rings is 1. The number of anilines is 1. The van der Waals surface area contributed by atoms with Crippen LogP contribution in [0, 0.1) is 18.3 Å². The lowest BCUT2D eigenvalue weighted by atomic mass is 10.1. The summed E-state index contributed by atoms with van der Waals surface area (Å²) >= 11 is 1.39. The number of benzene rings is 1. The van der Waals surface area contributed by atoms with Gasteiger partial charge in [0.25, 0.3) is 5.91 Å². The van der Waals surface area contributed by atoms with Crippen molar-refractivity contribution >= 4 is 22.4 Å². The Morgan fingerprint density at radius 3 is 3.06 bits per heavy atom. The molecule has 0 aliphatic heterocycles. The first-order chi connectivity index (χ1) is 8.69. The Kier molecular flexibility index (Phi) is 3.70. The second kappa shape index (κ2) is 5.43. The minimum atomic E-state index is -0.205. The van der Waals surface area contributed by atoms with E-state index in [4.69, 9.17) is 5.26 Å². The number of nitriles is 1. The van der Waals surface area contributed by atoms with Crippen molar-refractivity contribution in [1.82, 2.24) is 4.98 Å². The maximum absolute atomic E-state index is 12.0. The van der Waals surface area contributed by atoms with Gasteiger partial charge in [-0.1, -0.05) is 12.1 Å². The Hall–Kier alpha value is -2.19. The Morgan fingerprint density at radius 1 is 1.56 bits per heavy atom. The van der Waals surface area contributed by atoms with E-state index in [-0.39, 0.29) is 5.91 Å². The smallest absolute Gasteiger partial charge is 0.257 e. The van der Waals surface area contributed by atoms with E-state index in [0.717, 1.165) is 11.3 Å². The van der Waals surface area contributed by atoms with Crippen molar-refractivity contribution in [3.63, 3.8) is 0 Å². The van der Waals surface area contributed by atoms with E-state index in [9.17, 15) is 4.79 Å². The first kappa shape index (κ1) is 12.3. The van der Waals surface area contributed by atoms with Crippen LogP contribution in [0.3, 0.4) is 0 Å². The highest BCUT2D eigenvalue weighted by atomic mass is 32.1. The molecule has 1 amide bonds. The second-order valence-electron chi connectivity index (χ2n) is 3.78. The average molecular weight is 257 g/mol. The molecule has 0 unspecified atom stereocenters. The van der Waals surface area contributed by atoms with Crippen LogP contribution in [0.4, 0.5) is 5.13 Å². The molecule has 0 radical (unpaired) electrons. The van der Waals surface area contributed by atoms with E-state index in [2.05, 4.69) is 16.4 Å². The molecule has 0 spiro atoms. The van der Waals surface area contributed by atoms with E-state index in [1.807, 2.05) is 18.4 Å². The van der Waals surface area contributed by atoms with Gasteiger partial charge in [-0.15, -0.1) is 11.3 Å². The molecule has 0 saturated carbocycles. The minimum absolute atomic E-state index is 0.205. The zero-order chi connectivity index (χ0) is 13.0. The standard InChI is InChI=1S/C13H11N3OS/c1-9-8-18-13(15-9)16-12(17)11-4-2-3-10(7-11)5-6-14/h2-4,7-8H,5H2,1H3,(H,15,16,17). The predicted molar refractivity (Wildman–Crippen MR) is 70.6 cm³/mol. The molecule has 2 aromatic rings. The van der Waals surface area contributed by atoms with E-state index < -0.39 is 0 Å². The molecule has 1 N–H and O–H groups in total. The first-order valence-electron chi connectivity index (χ1n) is 5.38. The lowest BCUT2D eigenvalue weighted by Gasteiger charge is -2.03. The number of nitrogens with zero attached hydrogens (tertiary/aromatic N) is 2. The molecule has 2 rings (SSSR count). The molecule has 1 aromatic heterocycles. The third kappa shape index (κ3) is 2.93. The highest BCUT2D eigenvalue weighted by Crippen LogP contribution is 2.16. The summed E-state index contributed by atoms with van der Waals surface area (Å²) in [6.45, 7) is 1.87. The summed E-state index contributed by atoms with van der Waals surface area (Å²) in [7, 11) is 0. The van der Waals surface area contributed by atoms with Crippen LogP contribution in [0.5, 0.6) is 0 Å². The summed E-state index contributed by atoms with van der Waals surface area (Å²) in [4.78, 5) is 16.1. The summed E-state index contributed by atoms with van der Waals surface area (Å²) < 4.78 is 0. The number of rotatable bonds is 3. The van der Waals surface area contributed by atoms with Gasteiger partial charge in [0.05, 0.1) is 18.2 Å². The molecule has 0 fully saturated rings. The fraction of sp³-hybridized carbons (Fsp3) is 0.154. The number of hydrogen-bond donors (Lipinski definition) is 1.